The van der Waals surface area contributed by atoms with Gasteiger partial charge in [-0.2, -0.15) is 0 Å². The van der Waals surface area contributed by atoms with Crippen LogP contribution in [0.5, 0.6) is 0 Å². The first-order valence-corrected chi connectivity index (χ1v) is 10.9. The Morgan fingerprint density at radius 1 is 1.20 bits per heavy atom. The van der Waals surface area contributed by atoms with Crippen molar-refractivity contribution in [2.45, 2.75) is 25.3 Å². The molecule has 3 rings (SSSR count). The van der Waals surface area contributed by atoms with Crippen LogP contribution in [0.1, 0.15) is 12.7 Å². The molecule has 0 spiro atoms. The molecule has 158 valence electrons. The Hall–Kier alpha value is -3.24. The average molecular weight is 429 g/mol. The van der Waals surface area contributed by atoms with Crippen molar-refractivity contribution in [2.24, 2.45) is 0 Å². The summed E-state index contributed by atoms with van der Waals surface area (Å²) < 4.78 is 34.0. The molecule has 0 fully saturated rings. The molecular formula is C20H24N6O3S. The molecule has 0 aliphatic carbocycles. The molecule has 0 aliphatic heterocycles. The van der Waals surface area contributed by atoms with Crippen LogP contribution in [-0.4, -0.2) is 41.1 Å². The lowest BCUT2D eigenvalue weighted by Crippen LogP contribution is -2.27. The lowest BCUT2D eigenvalue weighted by atomic mass is 10.3. The molecule has 10 heteroatoms. The van der Waals surface area contributed by atoms with Crippen molar-refractivity contribution in [3.8, 4) is 11.4 Å². The van der Waals surface area contributed by atoms with Crippen LogP contribution in [-0.2, 0) is 21.3 Å². The predicted molar refractivity (Wildman–Crippen MR) is 115 cm³/mol. The van der Waals surface area contributed by atoms with Crippen molar-refractivity contribution in [3.63, 3.8) is 0 Å². The van der Waals surface area contributed by atoms with Crippen molar-refractivity contribution < 1.29 is 13.2 Å². The minimum absolute atomic E-state index is 0.156. The zero-order valence-electron chi connectivity index (χ0n) is 16.9. The van der Waals surface area contributed by atoms with Gasteiger partial charge in [-0.1, -0.05) is 6.58 Å². The Morgan fingerprint density at radius 2 is 1.97 bits per heavy atom. The molecule has 0 atom stereocenters. The average Bonchev–Trinajstić information content (AvgIpc) is 3.12. The number of imidazole rings is 1. The highest BCUT2D eigenvalue weighted by Gasteiger charge is 2.14. The maximum atomic E-state index is 12.3. The standard InChI is InChI=1S/C20H24N6O3S/c1-4-26-15(3)22-14-19(26)18-10-11-21-20(25-18)24-16-6-8-17(9-7-16)30(27,28)23-12-13-29-5-2/h5-11,14,23H,2,4,12-13H2,1,3H3,(H,21,24,25). The summed E-state index contributed by atoms with van der Waals surface area (Å²) in [7, 11) is -3.61. The van der Waals surface area contributed by atoms with Gasteiger partial charge in [0.05, 0.1) is 28.7 Å². The highest BCUT2D eigenvalue weighted by molar-refractivity contribution is 7.89. The number of anilines is 2. The molecule has 2 heterocycles. The van der Waals surface area contributed by atoms with Gasteiger partial charge in [-0.25, -0.2) is 28.1 Å². The molecule has 0 radical (unpaired) electrons. The van der Waals surface area contributed by atoms with Gasteiger partial charge in [-0.3, -0.25) is 0 Å². The van der Waals surface area contributed by atoms with Crippen molar-refractivity contribution in [1.82, 2.24) is 24.2 Å². The van der Waals surface area contributed by atoms with E-state index < -0.39 is 10.0 Å². The number of sulfonamides is 1. The number of nitrogens with zero attached hydrogens (tertiary/aromatic N) is 4. The van der Waals surface area contributed by atoms with Gasteiger partial charge in [0, 0.05) is 25.0 Å². The SMILES string of the molecule is C=COCCNS(=O)(=O)c1ccc(Nc2nccc(-c3cnc(C)n3CC)n2)cc1. The topological polar surface area (TPSA) is 111 Å². The van der Waals surface area contributed by atoms with Crippen LogP contribution in [0.2, 0.25) is 0 Å². The number of ether oxygens (including phenoxy) is 1. The molecule has 0 bridgehead atoms. The van der Waals surface area contributed by atoms with Gasteiger partial charge < -0.3 is 14.6 Å². The molecule has 0 saturated carbocycles. The second kappa shape index (κ2) is 9.51. The smallest absolute Gasteiger partial charge is 0.240 e. The van der Waals surface area contributed by atoms with E-state index in [0.717, 1.165) is 23.8 Å². The monoisotopic (exact) mass is 428 g/mol. The maximum Gasteiger partial charge on any atom is 0.240 e. The summed E-state index contributed by atoms with van der Waals surface area (Å²) in [6, 6.07) is 8.17. The molecule has 2 N–H and O–H groups in total. The fourth-order valence-electron chi connectivity index (χ4n) is 2.88. The number of aryl methyl sites for hydroxylation is 1. The summed E-state index contributed by atoms with van der Waals surface area (Å²) in [6.07, 6.45) is 4.72. The first-order chi connectivity index (χ1) is 14.4. The number of nitrogens with one attached hydrogen (secondary N) is 2. The summed E-state index contributed by atoms with van der Waals surface area (Å²) in [5, 5.41) is 3.10. The molecule has 0 saturated heterocycles. The van der Waals surface area contributed by atoms with Crippen molar-refractivity contribution in [1.29, 1.82) is 0 Å². The van der Waals surface area contributed by atoms with E-state index in [1.807, 2.05) is 13.0 Å². The third-order valence-electron chi connectivity index (χ3n) is 4.34. The molecule has 9 nitrogen and oxygen atoms in total. The first-order valence-electron chi connectivity index (χ1n) is 9.39. The molecule has 0 aliphatic rings. The van der Waals surface area contributed by atoms with Crippen molar-refractivity contribution >= 4 is 21.7 Å². The van der Waals surface area contributed by atoms with Gasteiger partial charge in [0.1, 0.15) is 12.4 Å². The second-order valence-corrected chi connectivity index (χ2v) is 8.05. The largest absolute Gasteiger partial charge is 0.500 e. The molecule has 1 aromatic carbocycles. The van der Waals surface area contributed by atoms with E-state index in [-0.39, 0.29) is 18.0 Å². The summed E-state index contributed by atoms with van der Waals surface area (Å²) in [6.45, 7) is 8.57. The molecule has 0 amide bonds. The van der Waals surface area contributed by atoms with E-state index in [1.54, 1.807) is 24.5 Å². The zero-order valence-corrected chi connectivity index (χ0v) is 17.7. The highest BCUT2D eigenvalue weighted by Crippen LogP contribution is 2.21. The van der Waals surface area contributed by atoms with Crippen LogP contribution in [0.25, 0.3) is 11.4 Å². The Morgan fingerprint density at radius 3 is 2.67 bits per heavy atom. The van der Waals surface area contributed by atoms with E-state index in [0.29, 0.717) is 11.6 Å². The fourth-order valence-corrected chi connectivity index (χ4v) is 3.89. The number of aromatic nitrogens is 4. The van der Waals surface area contributed by atoms with Crippen LogP contribution in [0, 0.1) is 6.92 Å². The molecule has 30 heavy (non-hydrogen) atoms. The number of rotatable bonds is 10. The van der Waals surface area contributed by atoms with Crippen LogP contribution >= 0.6 is 0 Å². The van der Waals surface area contributed by atoms with Gasteiger partial charge in [-0.15, -0.1) is 0 Å². The molecule has 0 unspecified atom stereocenters. The second-order valence-electron chi connectivity index (χ2n) is 6.29. The highest BCUT2D eigenvalue weighted by atomic mass is 32.2. The molecule has 3 aromatic rings. The van der Waals surface area contributed by atoms with Gasteiger partial charge in [0.25, 0.3) is 0 Å². The third kappa shape index (κ3) is 5.02. The zero-order chi connectivity index (χ0) is 21.6. The van der Waals surface area contributed by atoms with E-state index in [9.17, 15) is 8.42 Å². The summed E-state index contributed by atoms with van der Waals surface area (Å²) in [5.74, 6) is 1.33. The lowest BCUT2D eigenvalue weighted by Gasteiger charge is -2.10. The van der Waals surface area contributed by atoms with Gasteiger partial charge in [0.15, 0.2) is 0 Å². The minimum atomic E-state index is -3.61. The summed E-state index contributed by atoms with van der Waals surface area (Å²) >= 11 is 0. The maximum absolute atomic E-state index is 12.3. The van der Waals surface area contributed by atoms with E-state index in [4.69, 9.17) is 4.74 Å². The molecule has 2 aromatic heterocycles. The summed E-state index contributed by atoms with van der Waals surface area (Å²) in [5.41, 5.74) is 2.33. The quantitative estimate of drug-likeness (QED) is 0.377. The summed E-state index contributed by atoms with van der Waals surface area (Å²) in [4.78, 5) is 13.3. The number of hydrogen-bond donors (Lipinski definition) is 2. The van der Waals surface area contributed by atoms with Crippen LogP contribution in [0.3, 0.4) is 0 Å². The van der Waals surface area contributed by atoms with E-state index in [2.05, 4.69) is 43.1 Å². The predicted octanol–water partition coefficient (Wildman–Crippen LogP) is 2.85. The minimum Gasteiger partial charge on any atom is -0.500 e. The van der Waals surface area contributed by atoms with Gasteiger partial charge in [0.2, 0.25) is 16.0 Å². The molecular weight excluding hydrogens is 404 g/mol. The fraction of sp³-hybridized carbons (Fsp3) is 0.250. The van der Waals surface area contributed by atoms with E-state index >= 15 is 0 Å². The van der Waals surface area contributed by atoms with Gasteiger partial charge in [-0.05, 0) is 44.2 Å². The van der Waals surface area contributed by atoms with Gasteiger partial charge >= 0.3 is 0 Å². The van der Waals surface area contributed by atoms with E-state index in [1.165, 1.54) is 18.4 Å². The third-order valence-corrected chi connectivity index (χ3v) is 5.82. The van der Waals surface area contributed by atoms with Crippen LogP contribution < -0.4 is 10.0 Å². The lowest BCUT2D eigenvalue weighted by molar-refractivity contribution is 0.256. The normalized spacial score (nSPS) is 11.3. The van der Waals surface area contributed by atoms with Crippen LogP contribution in [0.15, 0.2) is 60.5 Å². The Bertz CT molecular complexity index is 1110. The Balaban J connectivity index is 1.72. The first kappa shape index (κ1) is 21.5. The van der Waals surface area contributed by atoms with Crippen LogP contribution in [0.4, 0.5) is 11.6 Å². The number of hydrogen-bond acceptors (Lipinski definition) is 7. The Labute approximate surface area is 175 Å². The van der Waals surface area contributed by atoms with Crippen molar-refractivity contribution in [2.75, 3.05) is 18.5 Å². The Kier molecular flexibility index (Phi) is 6.80. The van der Waals surface area contributed by atoms with Crippen molar-refractivity contribution in [3.05, 3.63) is 61.4 Å². The number of benzene rings is 1.